The Bertz CT molecular complexity index is 855. The van der Waals surface area contributed by atoms with Gasteiger partial charge in [-0.3, -0.25) is 14.6 Å². The summed E-state index contributed by atoms with van der Waals surface area (Å²) in [5.41, 5.74) is 8.54. The van der Waals surface area contributed by atoms with Crippen molar-refractivity contribution in [3.8, 4) is 0 Å². The number of hydrogen-bond acceptors (Lipinski definition) is 5. The van der Waals surface area contributed by atoms with Gasteiger partial charge in [0.1, 0.15) is 0 Å². The number of carbonyl (C=O) groups is 1. The maximum Gasteiger partial charge on any atom is 0.225 e. The number of hydrogen-bond donors (Lipinski definition) is 1. The van der Waals surface area contributed by atoms with Crippen LogP contribution < -0.4 is 11.0 Å². The molecule has 3 aliphatic heterocycles. The second-order valence-corrected chi connectivity index (χ2v) is 10.2. The first-order chi connectivity index (χ1) is 15.4. The third kappa shape index (κ3) is 5.73. The Labute approximate surface area is 199 Å². The molecular formula is C24H35ClN5OP. The summed E-state index contributed by atoms with van der Waals surface area (Å²) in [6.45, 7) is 7.09. The molecule has 1 amide bonds. The Morgan fingerprint density at radius 2 is 1.78 bits per heavy atom. The average Bonchev–Trinajstić information content (AvgIpc) is 2.79. The number of benzene rings is 1. The van der Waals surface area contributed by atoms with E-state index in [0.717, 1.165) is 75.5 Å². The van der Waals surface area contributed by atoms with E-state index >= 15 is 0 Å². The van der Waals surface area contributed by atoms with Crippen molar-refractivity contribution in [2.45, 2.75) is 25.6 Å². The minimum atomic E-state index is -0.0478. The SMILES string of the molecule is CN1C=CC(CN2CCC(C(=O)N3CCN(Cc4c(P)cccc4Cl)CC3)CC2)=CC1N. The van der Waals surface area contributed by atoms with Gasteiger partial charge in [0.25, 0.3) is 0 Å². The zero-order chi connectivity index (χ0) is 22.7. The molecule has 1 aromatic rings. The number of carbonyl (C=O) groups excluding carboxylic acids is 1. The van der Waals surface area contributed by atoms with Gasteiger partial charge >= 0.3 is 0 Å². The van der Waals surface area contributed by atoms with E-state index in [2.05, 4.69) is 42.2 Å². The van der Waals surface area contributed by atoms with Gasteiger partial charge in [0.2, 0.25) is 5.91 Å². The minimum Gasteiger partial charge on any atom is -0.362 e. The second kappa shape index (κ2) is 10.7. The van der Waals surface area contributed by atoms with Gasteiger partial charge < -0.3 is 15.5 Å². The molecule has 32 heavy (non-hydrogen) atoms. The normalized spacial score (nSPS) is 23.5. The van der Waals surface area contributed by atoms with Crippen LogP contribution in [0.15, 0.2) is 42.1 Å². The third-order valence-corrected chi connectivity index (χ3v) is 7.84. The van der Waals surface area contributed by atoms with E-state index in [1.54, 1.807) is 0 Å². The van der Waals surface area contributed by atoms with Crippen molar-refractivity contribution in [2.24, 2.45) is 11.7 Å². The van der Waals surface area contributed by atoms with Crippen LogP contribution in [0.3, 0.4) is 0 Å². The van der Waals surface area contributed by atoms with Crippen molar-refractivity contribution >= 4 is 32.1 Å². The number of piperazine rings is 1. The van der Waals surface area contributed by atoms with Gasteiger partial charge in [-0.15, -0.1) is 9.24 Å². The standard InChI is InChI=1S/C24H35ClN5OP/c1-27-8-5-18(15-23(27)26)16-28-9-6-19(7-10-28)24(31)30-13-11-29(12-14-30)17-20-21(25)3-2-4-22(20)32/h2-5,8,15,19,23H,6-7,9-14,16-17,26,32H2,1H3. The first-order valence-corrected chi connectivity index (χ1v) is 12.5. The quantitative estimate of drug-likeness (QED) is 0.659. The molecule has 4 rings (SSSR count). The fourth-order valence-electron chi connectivity index (χ4n) is 4.76. The van der Waals surface area contributed by atoms with Crippen LogP contribution in [-0.4, -0.2) is 84.5 Å². The Balaban J connectivity index is 1.22. The lowest BCUT2D eigenvalue weighted by Crippen LogP contribution is -2.51. The van der Waals surface area contributed by atoms with Gasteiger partial charge in [0.05, 0.1) is 6.17 Å². The lowest BCUT2D eigenvalue weighted by Gasteiger charge is -2.39. The van der Waals surface area contributed by atoms with E-state index in [9.17, 15) is 4.79 Å². The van der Waals surface area contributed by atoms with Crippen LogP contribution in [0.4, 0.5) is 0 Å². The van der Waals surface area contributed by atoms with Gasteiger partial charge in [-0.1, -0.05) is 23.7 Å². The molecule has 1 aromatic carbocycles. The third-order valence-electron chi connectivity index (χ3n) is 6.94. The second-order valence-electron chi connectivity index (χ2n) is 9.17. The van der Waals surface area contributed by atoms with Gasteiger partial charge in [-0.25, -0.2) is 0 Å². The topological polar surface area (TPSA) is 56.0 Å². The highest BCUT2D eigenvalue weighted by atomic mass is 35.5. The molecule has 2 saturated heterocycles. The van der Waals surface area contributed by atoms with E-state index in [1.807, 2.05) is 30.3 Å². The monoisotopic (exact) mass is 475 g/mol. The van der Waals surface area contributed by atoms with Crippen molar-refractivity contribution in [3.63, 3.8) is 0 Å². The number of piperidine rings is 1. The Hall–Kier alpha value is -1.43. The van der Waals surface area contributed by atoms with Gasteiger partial charge in [-0.2, -0.15) is 0 Å². The van der Waals surface area contributed by atoms with E-state index < -0.39 is 0 Å². The number of likely N-dealkylation sites (N-methyl/N-ethyl adjacent to an activating group) is 1. The summed E-state index contributed by atoms with van der Waals surface area (Å²) in [6.07, 6.45) is 8.15. The van der Waals surface area contributed by atoms with Crippen LogP contribution >= 0.6 is 20.8 Å². The molecular weight excluding hydrogens is 441 g/mol. The summed E-state index contributed by atoms with van der Waals surface area (Å²) in [5.74, 6) is 0.499. The molecule has 3 aliphatic rings. The fourth-order valence-corrected chi connectivity index (χ4v) is 5.45. The van der Waals surface area contributed by atoms with Crippen molar-refractivity contribution in [2.75, 3.05) is 52.9 Å². The molecule has 2 fully saturated rings. The van der Waals surface area contributed by atoms with Crippen LogP contribution in [0.2, 0.25) is 5.02 Å². The minimum absolute atomic E-state index is 0.0478. The predicted molar refractivity (Wildman–Crippen MR) is 135 cm³/mol. The van der Waals surface area contributed by atoms with Crippen LogP contribution in [0.5, 0.6) is 0 Å². The molecule has 0 aliphatic carbocycles. The molecule has 3 heterocycles. The summed E-state index contributed by atoms with van der Waals surface area (Å²) >= 11 is 6.39. The number of nitrogens with two attached hydrogens (primary N) is 1. The van der Waals surface area contributed by atoms with Crippen molar-refractivity contribution < 1.29 is 4.79 Å². The molecule has 0 aromatic heterocycles. The molecule has 0 saturated carbocycles. The molecule has 2 N–H and O–H groups in total. The lowest BCUT2D eigenvalue weighted by atomic mass is 9.94. The molecule has 0 spiro atoms. The maximum atomic E-state index is 13.1. The summed E-state index contributed by atoms with van der Waals surface area (Å²) < 4.78 is 0. The van der Waals surface area contributed by atoms with Gasteiger partial charge in [0.15, 0.2) is 0 Å². The van der Waals surface area contributed by atoms with Crippen LogP contribution in [0, 0.1) is 5.92 Å². The zero-order valence-electron chi connectivity index (χ0n) is 18.9. The fraction of sp³-hybridized carbons (Fsp3) is 0.542. The van der Waals surface area contributed by atoms with E-state index in [4.69, 9.17) is 17.3 Å². The summed E-state index contributed by atoms with van der Waals surface area (Å²) in [5, 5.41) is 1.97. The van der Waals surface area contributed by atoms with Crippen LogP contribution in [0.25, 0.3) is 0 Å². The number of amides is 1. The van der Waals surface area contributed by atoms with Crippen LogP contribution in [0.1, 0.15) is 18.4 Å². The highest BCUT2D eigenvalue weighted by molar-refractivity contribution is 7.27. The molecule has 0 radical (unpaired) electrons. The first kappa shape index (κ1) is 23.7. The number of halogens is 1. The predicted octanol–water partition coefficient (Wildman–Crippen LogP) is 1.87. The van der Waals surface area contributed by atoms with E-state index in [1.165, 1.54) is 11.1 Å². The summed E-state index contributed by atoms with van der Waals surface area (Å²) in [7, 11) is 4.77. The van der Waals surface area contributed by atoms with E-state index in [0.29, 0.717) is 5.91 Å². The molecule has 8 heteroatoms. The zero-order valence-corrected chi connectivity index (χ0v) is 20.8. The maximum absolute atomic E-state index is 13.1. The number of rotatable bonds is 5. The van der Waals surface area contributed by atoms with E-state index in [-0.39, 0.29) is 12.1 Å². The molecule has 2 unspecified atom stereocenters. The lowest BCUT2D eigenvalue weighted by molar-refractivity contribution is -0.138. The van der Waals surface area contributed by atoms with Crippen molar-refractivity contribution in [1.29, 1.82) is 0 Å². The number of likely N-dealkylation sites (tertiary alicyclic amines) is 1. The molecule has 2 atom stereocenters. The summed E-state index contributed by atoms with van der Waals surface area (Å²) in [6, 6.07) is 6.00. The molecule has 0 bridgehead atoms. The average molecular weight is 476 g/mol. The van der Waals surface area contributed by atoms with Gasteiger partial charge in [0, 0.05) is 63.5 Å². The van der Waals surface area contributed by atoms with Crippen LogP contribution in [-0.2, 0) is 11.3 Å². The molecule has 6 nitrogen and oxygen atoms in total. The molecule has 174 valence electrons. The number of nitrogens with zero attached hydrogens (tertiary/aromatic N) is 4. The highest BCUT2D eigenvalue weighted by Gasteiger charge is 2.30. The largest absolute Gasteiger partial charge is 0.362 e. The van der Waals surface area contributed by atoms with Crippen molar-refractivity contribution in [3.05, 3.63) is 52.7 Å². The smallest absolute Gasteiger partial charge is 0.225 e. The Morgan fingerprint density at radius 1 is 1.09 bits per heavy atom. The Morgan fingerprint density at radius 3 is 2.44 bits per heavy atom. The van der Waals surface area contributed by atoms with Crippen molar-refractivity contribution in [1.82, 2.24) is 19.6 Å². The Kier molecular flexibility index (Phi) is 7.91. The highest BCUT2D eigenvalue weighted by Crippen LogP contribution is 2.23. The summed E-state index contributed by atoms with van der Waals surface area (Å²) in [4.78, 5) is 22.0. The van der Waals surface area contributed by atoms with Gasteiger partial charge in [-0.05, 0) is 60.6 Å². The first-order valence-electron chi connectivity index (χ1n) is 11.5.